The molecule has 6 rings (SSSR count). The van der Waals surface area contributed by atoms with E-state index >= 15 is 0 Å². The van der Waals surface area contributed by atoms with Gasteiger partial charge in [0.05, 0.1) is 23.0 Å². The largest absolute Gasteiger partial charge is 0.448 e. The number of nitrogens with zero attached hydrogens (tertiary/aromatic N) is 2. The predicted molar refractivity (Wildman–Crippen MR) is 151 cm³/mol. The fourth-order valence-electron chi connectivity index (χ4n) is 6.97. The van der Waals surface area contributed by atoms with E-state index in [1.54, 1.807) is 18.2 Å². The molecule has 1 aliphatic carbocycles. The van der Waals surface area contributed by atoms with Crippen molar-refractivity contribution >= 4 is 15.9 Å². The maximum Gasteiger partial charge on any atom is 0.289 e. The van der Waals surface area contributed by atoms with Crippen molar-refractivity contribution in [1.82, 2.24) is 9.29 Å². The summed E-state index contributed by atoms with van der Waals surface area (Å²) in [4.78, 5) is 18.5. The molecule has 3 fully saturated rings. The molecular formula is C32H38N2O5S. The lowest BCUT2D eigenvalue weighted by Crippen LogP contribution is -2.38. The third kappa shape index (κ3) is 5.48. The first-order valence-electron chi connectivity index (χ1n) is 14.8. The summed E-state index contributed by atoms with van der Waals surface area (Å²) in [5.41, 5.74) is 1.19. The van der Waals surface area contributed by atoms with E-state index in [0.29, 0.717) is 18.2 Å². The van der Waals surface area contributed by atoms with Crippen molar-refractivity contribution in [1.29, 1.82) is 0 Å². The summed E-state index contributed by atoms with van der Waals surface area (Å²) in [7, 11) is -4.05. The summed E-state index contributed by atoms with van der Waals surface area (Å²) in [6.07, 6.45) is 12.3. The molecule has 0 spiro atoms. The van der Waals surface area contributed by atoms with Crippen molar-refractivity contribution in [3.8, 4) is 0 Å². The summed E-state index contributed by atoms with van der Waals surface area (Å²) < 4.78 is 40.5. The SMILES string of the molecule is O=C(c1coc([C@@H]2[C@H](c3ccccc3)[C@H]3CC[C@H]2O3)n1)N(CCCCC1CCCCC1)S(=O)(=O)c1ccccc1. The van der Waals surface area contributed by atoms with Crippen LogP contribution in [0.4, 0.5) is 0 Å². The average molecular weight is 563 g/mol. The number of hydrogen-bond donors (Lipinski definition) is 0. The molecule has 0 N–H and O–H groups in total. The Hall–Kier alpha value is -2.97. The van der Waals surface area contributed by atoms with E-state index in [9.17, 15) is 13.2 Å². The van der Waals surface area contributed by atoms with Crippen LogP contribution in [0.1, 0.15) is 98.0 Å². The molecule has 2 aromatic carbocycles. The number of fused-ring (bicyclic) bond motifs is 2. The number of hydrogen-bond acceptors (Lipinski definition) is 6. The molecule has 3 heterocycles. The minimum absolute atomic E-state index is 0.0244. The van der Waals surface area contributed by atoms with E-state index in [4.69, 9.17) is 9.15 Å². The molecule has 0 radical (unpaired) electrons. The van der Waals surface area contributed by atoms with Gasteiger partial charge in [-0.1, -0.05) is 93.5 Å². The lowest BCUT2D eigenvalue weighted by atomic mass is 9.75. The van der Waals surface area contributed by atoms with Crippen LogP contribution >= 0.6 is 0 Å². The van der Waals surface area contributed by atoms with Gasteiger partial charge in [0, 0.05) is 12.5 Å². The van der Waals surface area contributed by atoms with E-state index in [0.717, 1.165) is 35.6 Å². The maximum absolute atomic E-state index is 13.8. The number of oxazole rings is 1. The van der Waals surface area contributed by atoms with Crippen LogP contribution in [0.15, 0.2) is 76.2 Å². The van der Waals surface area contributed by atoms with E-state index in [1.807, 2.05) is 18.2 Å². The van der Waals surface area contributed by atoms with Gasteiger partial charge >= 0.3 is 0 Å². The fourth-order valence-corrected chi connectivity index (χ4v) is 8.41. The van der Waals surface area contributed by atoms with Crippen LogP contribution in [0.2, 0.25) is 0 Å². The molecule has 2 bridgehead atoms. The summed E-state index contributed by atoms with van der Waals surface area (Å²) in [6.45, 7) is 0.120. The molecule has 2 saturated heterocycles. The Labute approximate surface area is 237 Å². The Morgan fingerprint density at radius 3 is 2.25 bits per heavy atom. The third-order valence-electron chi connectivity index (χ3n) is 8.99. The summed E-state index contributed by atoms with van der Waals surface area (Å²) in [5.74, 6) is 0.488. The number of carbonyl (C=O) groups excluding carboxylic acids is 1. The van der Waals surface area contributed by atoms with E-state index < -0.39 is 15.9 Å². The molecule has 7 nitrogen and oxygen atoms in total. The normalized spacial score (nSPS) is 24.8. The van der Waals surface area contributed by atoms with Gasteiger partial charge in [-0.3, -0.25) is 4.79 Å². The number of carbonyl (C=O) groups is 1. The first kappa shape index (κ1) is 27.2. The molecule has 1 saturated carbocycles. The molecule has 2 aliphatic heterocycles. The monoisotopic (exact) mass is 562 g/mol. The summed E-state index contributed by atoms with van der Waals surface area (Å²) >= 11 is 0. The molecule has 212 valence electrons. The Balaban J connectivity index is 1.22. The third-order valence-corrected chi connectivity index (χ3v) is 10.8. The van der Waals surface area contributed by atoms with Crippen molar-refractivity contribution < 1.29 is 22.4 Å². The average Bonchev–Trinajstić information content (AvgIpc) is 3.75. The minimum Gasteiger partial charge on any atom is -0.448 e. The smallest absolute Gasteiger partial charge is 0.289 e. The molecular weight excluding hydrogens is 524 g/mol. The molecule has 1 aromatic heterocycles. The van der Waals surface area contributed by atoms with Gasteiger partial charge in [-0.05, 0) is 42.9 Å². The van der Waals surface area contributed by atoms with Gasteiger partial charge in [0.2, 0.25) is 5.89 Å². The molecule has 40 heavy (non-hydrogen) atoms. The van der Waals surface area contributed by atoms with Gasteiger partial charge in [-0.25, -0.2) is 17.7 Å². The van der Waals surface area contributed by atoms with Crippen LogP contribution in [-0.4, -0.2) is 42.4 Å². The predicted octanol–water partition coefficient (Wildman–Crippen LogP) is 6.68. The highest BCUT2D eigenvalue weighted by atomic mass is 32.2. The van der Waals surface area contributed by atoms with Gasteiger partial charge in [0.1, 0.15) is 6.26 Å². The number of ether oxygens (including phenoxy) is 1. The number of benzene rings is 2. The second kappa shape index (κ2) is 11.9. The van der Waals surface area contributed by atoms with Crippen LogP contribution in [-0.2, 0) is 14.8 Å². The lowest BCUT2D eigenvalue weighted by Gasteiger charge is -2.26. The maximum atomic E-state index is 13.8. The zero-order valence-electron chi connectivity index (χ0n) is 22.9. The van der Waals surface area contributed by atoms with Crippen LogP contribution in [0, 0.1) is 5.92 Å². The number of amides is 1. The highest BCUT2D eigenvalue weighted by Crippen LogP contribution is 2.53. The van der Waals surface area contributed by atoms with Crippen LogP contribution in [0.3, 0.4) is 0 Å². The van der Waals surface area contributed by atoms with E-state index in [-0.39, 0.29) is 41.2 Å². The van der Waals surface area contributed by atoms with Crippen molar-refractivity contribution in [2.45, 2.75) is 93.1 Å². The number of rotatable bonds is 10. The standard InChI is InChI=1S/C32H38N2O5S/c35-32(26-22-38-31(33-26)30-28-20-19-27(39-28)29(30)24-15-6-2-7-16-24)34(40(36,37)25-17-8-3-9-18-25)21-11-10-14-23-12-4-1-5-13-23/h2-3,6-9,15-18,22-23,27-30H,1,4-5,10-14,19-21H2/t27-,28-,29-,30+/m1/s1. The Kier molecular flexibility index (Phi) is 8.08. The van der Waals surface area contributed by atoms with Crippen molar-refractivity contribution in [2.24, 2.45) is 5.92 Å². The highest BCUT2D eigenvalue weighted by Gasteiger charge is 2.52. The van der Waals surface area contributed by atoms with Gasteiger partial charge in [-0.15, -0.1) is 0 Å². The van der Waals surface area contributed by atoms with Crippen molar-refractivity contribution in [3.05, 3.63) is 84.1 Å². The van der Waals surface area contributed by atoms with Crippen LogP contribution in [0.5, 0.6) is 0 Å². The van der Waals surface area contributed by atoms with E-state index in [1.165, 1.54) is 50.5 Å². The quantitative estimate of drug-likeness (QED) is 0.256. The van der Waals surface area contributed by atoms with Gasteiger partial charge in [-0.2, -0.15) is 0 Å². The highest BCUT2D eigenvalue weighted by molar-refractivity contribution is 7.89. The first-order chi connectivity index (χ1) is 19.5. The van der Waals surface area contributed by atoms with Crippen LogP contribution < -0.4 is 0 Å². The fraction of sp³-hybridized carbons (Fsp3) is 0.500. The molecule has 4 atom stereocenters. The topological polar surface area (TPSA) is 89.7 Å². The Morgan fingerprint density at radius 2 is 1.52 bits per heavy atom. The van der Waals surface area contributed by atoms with E-state index in [2.05, 4.69) is 17.1 Å². The zero-order valence-corrected chi connectivity index (χ0v) is 23.7. The molecule has 3 aromatic rings. The number of sulfonamides is 1. The molecule has 0 unspecified atom stereocenters. The molecule has 8 heteroatoms. The zero-order chi connectivity index (χ0) is 27.5. The molecule has 3 aliphatic rings. The second-order valence-corrected chi connectivity index (χ2v) is 13.4. The van der Waals surface area contributed by atoms with Gasteiger partial charge in [0.25, 0.3) is 15.9 Å². The molecule has 1 amide bonds. The number of unbranched alkanes of at least 4 members (excludes halogenated alkanes) is 1. The Morgan fingerprint density at radius 1 is 0.850 bits per heavy atom. The number of aromatic nitrogens is 1. The Bertz CT molecular complexity index is 1380. The minimum atomic E-state index is -4.05. The second-order valence-electron chi connectivity index (χ2n) is 11.5. The lowest BCUT2D eigenvalue weighted by molar-refractivity contribution is 0.0853. The van der Waals surface area contributed by atoms with Crippen molar-refractivity contribution in [3.63, 3.8) is 0 Å². The van der Waals surface area contributed by atoms with Gasteiger partial charge < -0.3 is 9.15 Å². The summed E-state index contributed by atoms with van der Waals surface area (Å²) in [6, 6.07) is 18.4. The first-order valence-corrected chi connectivity index (χ1v) is 16.2. The van der Waals surface area contributed by atoms with Crippen molar-refractivity contribution in [2.75, 3.05) is 6.54 Å². The summed E-state index contributed by atoms with van der Waals surface area (Å²) in [5, 5.41) is 0. The van der Waals surface area contributed by atoms with Crippen LogP contribution in [0.25, 0.3) is 0 Å². The van der Waals surface area contributed by atoms with Gasteiger partial charge in [0.15, 0.2) is 5.69 Å².